The smallest absolute Gasteiger partial charge is 0.304 e. The zero-order valence-electron chi connectivity index (χ0n) is 15.4. The first-order valence-electron chi connectivity index (χ1n) is 9.57. The number of carbonyl (C=O) groups excluding carboxylic acids is 3. The van der Waals surface area contributed by atoms with Gasteiger partial charge in [-0.1, -0.05) is 12.5 Å². The predicted molar refractivity (Wildman–Crippen MR) is 91.5 cm³/mol. The Kier molecular flexibility index (Phi) is 4.29. The Morgan fingerprint density at radius 1 is 1.19 bits per heavy atom. The van der Waals surface area contributed by atoms with E-state index in [9.17, 15) is 14.4 Å². The quantitative estimate of drug-likeness (QED) is 0.694. The van der Waals surface area contributed by atoms with Crippen LogP contribution < -0.4 is 0 Å². The number of piperidine rings is 3. The molecule has 0 radical (unpaired) electrons. The molecular weight excluding hydrogens is 336 g/mol. The predicted octanol–water partition coefficient (Wildman–Crippen LogP) is 1.57. The summed E-state index contributed by atoms with van der Waals surface area (Å²) in [5.74, 6) is -0.948. The average molecular weight is 362 g/mol. The summed E-state index contributed by atoms with van der Waals surface area (Å²) in [4.78, 5) is 41.1. The number of allylic oxidation sites excluding steroid dienone is 1. The van der Waals surface area contributed by atoms with Crippen LogP contribution in [0.3, 0.4) is 0 Å². The third-order valence-corrected chi connectivity index (χ3v) is 6.12. The molecule has 0 aromatic carbocycles. The highest BCUT2D eigenvalue weighted by atomic mass is 16.6. The zero-order chi connectivity index (χ0) is 18.5. The lowest BCUT2D eigenvalue weighted by molar-refractivity contribution is -0.209. The molecule has 4 aliphatic rings. The molecule has 26 heavy (non-hydrogen) atoms. The fourth-order valence-electron chi connectivity index (χ4n) is 5.31. The van der Waals surface area contributed by atoms with Crippen LogP contribution in [0.25, 0.3) is 0 Å². The molecule has 0 aliphatic carbocycles. The third kappa shape index (κ3) is 2.64. The molecule has 0 aromatic rings. The Bertz CT molecular complexity index is 675. The molecule has 4 rings (SSSR count). The van der Waals surface area contributed by atoms with Gasteiger partial charge in [-0.15, -0.1) is 0 Å². The summed E-state index contributed by atoms with van der Waals surface area (Å²) in [5.41, 5.74) is -0.235. The first-order chi connectivity index (χ1) is 12.4. The Morgan fingerprint density at radius 3 is 2.73 bits per heavy atom. The molecule has 4 heterocycles. The van der Waals surface area contributed by atoms with Crippen molar-refractivity contribution in [3.63, 3.8) is 0 Å². The summed E-state index contributed by atoms with van der Waals surface area (Å²) in [7, 11) is 0. The topological polar surface area (TPSA) is 76.1 Å². The van der Waals surface area contributed by atoms with Crippen molar-refractivity contribution in [3.8, 4) is 0 Å². The minimum Gasteiger partial charge on any atom is -0.447 e. The van der Waals surface area contributed by atoms with Crippen LogP contribution in [0.4, 0.5) is 0 Å². The van der Waals surface area contributed by atoms with E-state index in [1.54, 1.807) is 4.90 Å². The van der Waals surface area contributed by atoms with E-state index in [0.29, 0.717) is 12.8 Å². The number of amides is 1. The van der Waals surface area contributed by atoms with E-state index in [4.69, 9.17) is 9.47 Å². The van der Waals surface area contributed by atoms with Crippen molar-refractivity contribution in [2.45, 2.75) is 70.2 Å². The Morgan fingerprint density at radius 2 is 2.00 bits per heavy atom. The maximum absolute atomic E-state index is 13.7. The second-order valence-corrected chi connectivity index (χ2v) is 7.84. The second-order valence-electron chi connectivity index (χ2n) is 7.84. The van der Waals surface area contributed by atoms with Gasteiger partial charge in [0.25, 0.3) is 5.91 Å². The largest absolute Gasteiger partial charge is 0.447 e. The van der Waals surface area contributed by atoms with Crippen LogP contribution in [0.15, 0.2) is 11.8 Å². The minimum atomic E-state index is -1.16. The molecule has 3 fully saturated rings. The van der Waals surface area contributed by atoms with Crippen molar-refractivity contribution in [3.05, 3.63) is 11.8 Å². The molecule has 0 unspecified atom stereocenters. The molecule has 0 N–H and O–H groups in total. The summed E-state index contributed by atoms with van der Waals surface area (Å²) in [6, 6.07) is -0.0923. The lowest BCUT2D eigenvalue weighted by atomic mass is 9.69. The van der Waals surface area contributed by atoms with Gasteiger partial charge >= 0.3 is 11.9 Å². The number of fused-ring (bicyclic) bond motifs is 6. The highest BCUT2D eigenvalue weighted by Crippen LogP contribution is 2.49. The van der Waals surface area contributed by atoms with Gasteiger partial charge in [0.1, 0.15) is 0 Å². The SMILES string of the molecule is CC(=O)O[C@H]1CCC=C2[C@@H]3CN4CCCC[C@H]4[C@@](OC(C)=O)(C3)C(=O)N21. The summed E-state index contributed by atoms with van der Waals surface area (Å²) in [5, 5.41) is 0. The molecule has 7 heteroatoms. The van der Waals surface area contributed by atoms with Gasteiger partial charge in [-0.3, -0.25) is 24.2 Å². The maximum Gasteiger partial charge on any atom is 0.304 e. The van der Waals surface area contributed by atoms with Gasteiger partial charge in [0.05, 0.1) is 6.04 Å². The van der Waals surface area contributed by atoms with E-state index in [1.807, 2.05) is 0 Å². The first-order valence-corrected chi connectivity index (χ1v) is 9.57. The fourth-order valence-corrected chi connectivity index (χ4v) is 5.31. The molecule has 2 bridgehead atoms. The molecule has 0 saturated carbocycles. The molecule has 0 spiro atoms. The first kappa shape index (κ1) is 17.5. The monoisotopic (exact) mass is 362 g/mol. The van der Waals surface area contributed by atoms with Crippen molar-refractivity contribution in [2.75, 3.05) is 13.1 Å². The Balaban J connectivity index is 1.77. The van der Waals surface area contributed by atoms with Crippen molar-refractivity contribution >= 4 is 17.8 Å². The van der Waals surface area contributed by atoms with Crippen LogP contribution >= 0.6 is 0 Å². The van der Waals surface area contributed by atoms with Gasteiger partial charge in [0.15, 0.2) is 6.23 Å². The lowest BCUT2D eigenvalue weighted by Gasteiger charge is -2.59. The van der Waals surface area contributed by atoms with Crippen molar-refractivity contribution in [2.24, 2.45) is 5.92 Å². The zero-order valence-corrected chi connectivity index (χ0v) is 15.4. The summed E-state index contributed by atoms with van der Waals surface area (Å²) in [6.45, 7) is 4.51. The summed E-state index contributed by atoms with van der Waals surface area (Å²) < 4.78 is 11.2. The normalized spacial score (nSPS) is 36.5. The lowest BCUT2D eigenvalue weighted by Crippen LogP contribution is -2.73. The van der Waals surface area contributed by atoms with E-state index in [0.717, 1.165) is 44.5 Å². The summed E-state index contributed by atoms with van der Waals surface area (Å²) in [6.07, 6.45) is 6.34. The van der Waals surface area contributed by atoms with Crippen LogP contribution in [0.1, 0.15) is 52.4 Å². The highest BCUT2D eigenvalue weighted by Gasteiger charge is 2.63. The van der Waals surface area contributed by atoms with E-state index in [2.05, 4.69) is 11.0 Å². The van der Waals surface area contributed by atoms with E-state index >= 15 is 0 Å². The average Bonchev–Trinajstić information content (AvgIpc) is 2.59. The Labute approximate surface area is 153 Å². The van der Waals surface area contributed by atoms with E-state index < -0.39 is 23.8 Å². The number of rotatable bonds is 2. The van der Waals surface area contributed by atoms with Gasteiger partial charge in [0.2, 0.25) is 5.60 Å². The van der Waals surface area contributed by atoms with Gasteiger partial charge < -0.3 is 9.47 Å². The van der Waals surface area contributed by atoms with Gasteiger partial charge in [0, 0.05) is 44.8 Å². The van der Waals surface area contributed by atoms with Gasteiger partial charge in [-0.05, 0) is 25.8 Å². The van der Waals surface area contributed by atoms with Crippen LogP contribution in [-0.2, 0) is 23.9 Å². The third-order valence-electron chi connectivity index (χ3n) is 6.12. The number of hydrogen-bond donors (Lipinski definition) is 0. The molecule has 4 aliphatic heterocycles. The minimum absolute atomic E-state index is 0.0923. The second kappa shape index (κ2) is 6.37. The Hall–Kier alpha value is -1.89. The molecule has 3 saturated heterocycles. The molecule has 0 aromatic heterocycles. The van der Waals surface area contributed by atoms with Gasteiger partial charge in [-0.2, -0.15) is 0 Å². The molecule has 1 amide bonds. The molecule has 4 atom stereocenters. The summed E-state index contributed by atoms with van der Waals surface area (Å²) >= 11 is 0. The van der Waals surface area contributed by atoms with E-state index in [-0.39, 0.29) is 17.9 Å². The van der Waals surface area contributed by atoms with E-state index in [1.165, 1.54) is 13.8 Å². The van der Waals surface area contributed by atoms with Crippen LogP contribution in [0.5, 0.6) is 0 Å². The number of esters is 2. The fraction of sp³-hybridized carbons (Fsp3) is 0.737. The van der Waals surface area contributed by atoms with Crippen LogP contribution in [-0.4, -0.2) is 58.6 Å². The number of carbonyl (C=O) groups is 3. The van der Waals surface area contributed by atoms with Gasteiger partial charge in [-0.25, -0.2) is 0 Å². The number of hydrogen-bond acceptors (Lipinski definition) is 6. The standard InChI is InChI=1S/C19H26N2O5/c1-12(22)25-17-8-5-6-15-14-10-19(26-13(2)23,18(24)21(15)17)16-7-3-4-9-20(16)11-14/h6,14,16-17H,3-5,7-11H2,1-2H3/t14-,16-,17-,19-/m0/s1. The molecule has 7 nitrogen and oxygen atoms in total. The van der Waals surface area contributed by atoms with Crippen LogP contribution in [0.2, 0.25) is 0 Å². The molecular formula is C19H26N2O5. The van der Waals surface area contributed by atoms with Crippen molar-refractivity contribution in [1.82, 2.24) is 9.80 Å². The van der Waals surface area contributed by atoms with Crippen LogP contribution in [0, 0.1) is 5.92 Å². The number of ether oxygens (including phenoxy) is 2. The maximum atomic E-state index is 13.7. The highest BCUT2D eigenvalue weighted by molar-refractivity contribution is 5.92. The molecule has 142 valence electrons. The van der Waals surface area contributed by atoms with Crippen molar-refractivity contribution in [1.29, 1.82) is 0 Å². The number of nitrogens with zero attached hydrogens (tertiary/aromatic N) is 2. The van der Waals surface area contributed by atoms with Crippen molar-refractivity contribution < 1.29 is 23.9 Å².